The molecular formula is C22H23N3O3. The molecule has 2 N–H and O–H groups in total. The highest BCUT2D eigenvalue weighted by Gasteiger charge is 2.21. The van der Waals surface area contributed by atoms with E-state index in [2.05, 4.69) is 21.9 Å². The number of esters is 1. The summed E-state index contributed by atoms with van der Waals surface area (Å²) in [5.74, 6) is -0.909. The molecule has 1 aromatic carbocycles. The zero-order chi connectivity index (χ0) is 20.5. The fourth-order valence-corrected chi connectivity index (χ4v) is 2.87. The number of fused-ring (bicyclic) bond motifs is 1. The van der Waals surface area contributed by atoms with Crippen molar-refractivity contribution in [1.82, 2.24) is 15.3 Å². The summed E-state index contributed by atoms with van der Waals surface area (Å²) in [6.07, 6.45) is 1.85. The number of hydrogen-bond acceptors (Lipinski definition) is 4. The predicted octanol–water partition coefficient (Wildman–Crippen LogP) is 3.94. The summed E-state index contributed by atoms with van der Waals surface area (Å²) in [4.78, 5) is 32.4. The average Bonchev–Trinajstić information content (AvgIpc) is 3.13. The summed E-state index contributed by atoms with van der Waals surface area (Å²) in [6, 6.07) is 10.8. The molecule has 0 bridgehead atoms. The number of ether oxygens (including phenoxy) is 1. The lowest BCUT2D eigenvalue weighted by Crippen LogP contribution is -2.25. The van der Waals surface area contributed by atoms with Gasteiger partial charge in [0.2, 0.25) is 0 Å². The van der Waals surface area contributed by atoms with Crippen LogP contribution in [0.1, 0.15) is 52.9 Å². The van der Waals surface area contributed by atoms with E-state index < -0.39 is 11.6 Å². The van der Waals surface area contributed by atoms with E-state index in [1.54, 1.807) is 26.8 Å². The molecule has 0 aliphatic carbocycles. The number of H-pyrrole nitrogens is 1. The van der Waals surface area contributed by atoms with E-state index in [0.717, 1.165) is 16.5 Å². The zero-order valence-corrected chi connectivity index (χ0v) is 16.4. The molecule has 28 heavy (non-hydrogen) atoms. The molecule has 6 nitrogen and oxygen atoms in total. The molecule has 3 aromatic rings. The summed E-state index contributed by atoms with van der Waals surface area (Å²) in [5.41, 5.74) is 2.62. The molecule has 0 saturated carbocycles. The lowest BCUT2D eigenvalue weighted by Gasteiger charge is -2.20. The highest BCUT2D eigenvalue weighted by molar-refractivity contribution is 5.99. The van der Waals surface area contributed by atoms with Crippen molar-refractivity contribution in [3.8, 4) is 0 Å². The van der Waals surface area contributed by atoms with Gasteiger partial charge in [-0.1, -0.05) is 18.7 Å². The predicted molar refractivity (Wildman–Crippen MR) is 109 cm³/mol. The molecule has 0 spiro atoms. The van der Waals surface area contributed by atoms with Gasteiger partial charge in [0, 0.05) is 29.7 Å². The molecular weight excluding hydrogens is 354 g/mol. The molecule has 2 heterocycles. The quantitative estimate of drug-likeness (QED) is 0.675. The molecule has 0 aliphatic heterocycles. The Balaban J connectivity index is 2.10. The van der Waals surface area contributed by atoms with Crippen molar-refractivity contribution < 1.29 is 14.3 Å². The molecule has 0 saturated heterocycles. The normalized spacial score (nSPS) is 11.3. The van der Waals surface area contributed by atoms with Crippen molar-refractivity contribution in [2.24, 2.45) is 0 Å². The second-order valence-electron chi connectivity index (χ2n) is 7.43. The minimum Gasteiger partial charge on any atom is -0.456 e. The van der Waals surface area contributed by atoms with Gasteiger partial charge in [0.1, 0.15) is 11.3 Å². The van der Waals surface area contributed by atoms with Crippen LogP contribution in [-0.4, -0.2) is 34.5 Å². The van der Waals surface area contributed by atoms with Crippen LogP contribution in [0.15, 0.2) is 49.2 Å². The van der Waals surface area contributed by atoms with Crippen molar-refractivity contribution in [2.75, 3.05) is 7.05 Å². The third-order valence-electron chi connectivity index (χ3n) is 4.15. The Morgan fingerprint density at radius 1 is 1.14 bits per heavy atom. The molecule has 0 atom stereocenters. The first-order valence-electron chi connectivity index (χ1n) is 8.93. The van der Waals surface area contributed by atoms with Crippen LogP contribution >= 0.6 is 0 Å². The van der Waals surface area contributed by atoms with E-state index in [4.69, 9.17) is 4.74 Å². The monoisotopic (exact) mass is 377 g/mol. The number of amides is 1. The van der Waals surface area contributed by atoms with Gasteiger partial charge in [-0.25, -0.2) is 9.78 Å². The van der Waals surface area contributed by atoms with Gasteiger partial charge in [-0.05, 0) is 50.6 Å². The van der Waals surface area contributed by atoms with Gasteiger partial charge in [0.05, 0.1) is 11.3 Å². The van der Waals surface area contributed by atoms with Crippen LogP contribution in [0.2, 0.25) is 0 Å². The Labute approximate surface area is 163 Å². The Kier molecular flexibility index (Phi) is 5.05. The van der Waals surface area contributed by atoms with Crippen LogP contribution < -0.4 is 5.32 Å². The molecule has 1 amide bonds. The van der Waals surface area contributed by atoms with Crippen LogP contribution in [-0.2, 0) is 4.74 Å². The van der Waals surface area contributed by atoms with Gasteiger partial charge < -0.3 is 15.0 Å². The second-order valence-corrected chi connectivity index (χ2v) is 7.43. The highest BCUT2D eigenvalue weighted by Crippen LogP contribution is 2.28. The van der Waals surface area contributed by atoms with E-state index in [9.17, 15) is 9.59 Å². The lowest BCUT2D eigenvalue weighted by molar-refractivity contribution is 0.00693. The largest absolute Gasteiger partial charge is 0.456 e. The molecule has 0 radical (unpaired) electrons. The molecule has 0 aliphatic rings. The van der Waals surface area contributed by atoms with Crippen LogP contribution in [0, 0.1) is 0 Å². The number of aromatic amines is 1. The Hall–Kier alpha value is -3.41. The third-order valence-corrected chi connectivity index (χ3v) is 4.15. The number of nitrogens with zero attached hydrogens (tertiary/aromatic N) is 1. The van der Waals surface area contributed by atoms with E-state index in [-0.39, 0.29) is 17.2 Å². The number of nitrogens with one attached hydrogen (secondary N) is 2. The van der Waals surface area contributed by atoms with Gasteiger partial charge in [-0.2, -0.15) is 0 Å². The van der Waals surface area contributed by atoms with Crippen molar-refractivity contribution in [2.45, 2.75) is 26.4 Å². The summed E-state index contributed by atoms with van der Waals surface area (Å²) in [6.45, 7) is 9.54. The van der Waals surface area contributed by atoms with Gasteiger partial charge >= 0.3 is 5.97 Å². The minimum absolute atomic E-state index is 0.128. The topological polar surface area (TPSA) is 84.1 Å². The molecule has 2 aromatic heterocycles. The number of benzene rings is 1. The Bertz CT molecular complexity index is 1070. The molecule has 3 rings (SSSR count). The average molecular weight is 377 g/mol. The van der Waals surface area contributed by atoms with E-state index in [0.29, 0.717) is 11.3 Å². The van der Waals surface area contributed by atoms with Crippen LogP contribution in [0.25, 0.3) is 16.5 Å². The molecule has 0 unspecified atom stereocenters. The van der Waals surface area contributed by atoms with Crippen molar-refractivity contribution in [3.05, 3.63) is 71.7 Å². The van der Waals surface area contributed by atoms with Gasteiger partial charge in [-0.15, -0.1) is 0 Å². The van der Waals surface area contributed by atoms with Crippen LogP contribution in [0.5, 0.6) is 0 Å². The maximum atomic E-state index is 12.6. The zero-order valence-electron chi connectivity index (χ0n) is 16.4. The van der Waals surface area contributed by atoms with Crippen molar-refractivity contribution in [3.63, 3.8) is 0 Å². The Morgan fingerprint density at radius 2 is 1.86 bits per heavy atom. The number of pyridine rings is 1. The highest BCUT2D eigenvalue weighted by atomic mass is 16.6. The smallest absolute Gasteiger partial charge is 0.338 e. The molecule has 6 heteroatoms. The summed E-state index contributed by atoms with van der Waals surface area (Å²) < 4.78 is 5.46. The molecule has 0 fully saturated rings. The van der Waals surface area contributed by atoms with Crippen LogP contribution in [0.3, 0.4) is 0 Å². The van der Waals surface area contributed by atoms with E-state index in [1.807, 2.05) is 30.5 Å². The molecule has 144 valence electrons. The fraction of sp³-hybridized carbons (Fsp3) is 0.227. The summed E-state index contributed by atoms with van der Waals surface area (Å²) >= 11 is 0. The summed E-state index contributed by atoms with van der Waals surface area (Å²) in [7, 11) is 1.51. The maximum absolute atomic E-state index is 12.6. The first kappa shape index (κ1) is 19.4. The Morgan fingerprint density at radius 3 is 2.54 bits per heavy atom. The van der Waals surface area contributed by atoms with E-state index >= 15 is 0 Å². The number of carbonyl (C=O) groups excluding carboxylic acids is 2. The lowest BCUT2D eigenvalue weighted by atomic mass is 9.98. The van der Waals surface area contributed by atoms with Gasteiger partial charge in [0.25, 0.3) is 5.91 Å². The van der Waals surface area contributed by atoms with Gasteiger partial charge in [-0.3, -0.25) is 4.79 Å². The number of hydrogen-bond donors (Lipinski definition) is 2. The van der Waals surface area contributed by atoms with Crippen molar-refractivity contribution >= 4 is 28.4 Å². The maximum Gasteiger partial charge on any atom is 0.338 e. The van der Waals surface area contributed by atoms with Crippen molar-refractivity contribution in [1.29, 1.82) is 0 Å². The minimum atomic E-state index is -0.651. The third kappa shape index (κ3) is 3.96. The van der Waals surface area contributed by atoms with Gasteiger partial charge in [0.15, 0.2) is 0 Å². The fourth-order valence-electron chi connectivity index (χ4n) is 2.87. The number of aromatic nitrogens is 2. The van der Waals surface area contributed by atoms with Crippen LogP contribution in [0.4, 0.5) is 0 Å². The SMILES string of the molecule is C=C(c1cc(C(=O)OC(C)(C)C)cc(C(=O)NC)n1)c1cccc2[nH]ccc12. The first-order valence-corrected chi connectivity index (χ1v) is 8.93. The second kappa shape index (κ2) is 7.31. The first-order chi connectivity index (χ1) is 13.2. The van der Waals surface area contributed by atoms with E-state index in [1.165, 1.54) is 13.1 Å². The summed E-state index contributed by atoms with van der Waals surface area (Å²) in [5, 5.41) is 3.52. The number of rotatable bonds is 4. The number of carbonyl (C=O) groups is 2. The standard InChI is InChI=1S/C22H23N3O3/c1-13(15-7-6-8-17-16(15)9-10-24-17)18-11-14(21(27)28-22(2,3)4)12-19(25-18)20(26)23-5/h6-12,24H,1H2,2-5H3,(H,23,26).